The molecular weight excluding hydrogens is 413 g/mol. The standard InChI is InChI=1S/C17H12BrCl2N3O/c18-15-14(21-9-11-5-2-1-3-6-11)10-22-23(17(15)24)16-12(19)7-4-8-13(16)20/h1-8,10,21H,9H2. The molecule has 0 aliphatic carbocycles. The van der Waals surface area contributed by atoms with E-state index < -0.39 is 0 Å². The first-order chi connectivity index (χ1) is 11.6. The summed E-state index contributed by atoms with van der Waals surface area (Å²) in [5.41, 5.74) is 1.72. The van der Waals surface area contributed by atoms with Gasteiger partial charge < -0.3 is 5.32 Å². The van der Waals surface area contributed by atoms with Gasteiger partial charge in [-0.15, -0.1) is 0 Å². The van der Waals surface area contributed by atoms with Crippen LogP contribution >= 0.6 is 39.1 Å². The zero-order valence-electron chi connectivity index (χ0n) is 12.3. The highest BCUT2D eigenvalue weighted by Crippen LogP contribution is 2.27. The fourth-order valence-electron chi connectivity index (χ4n) is 2.20. The second kappa shape index (κ2) is 7.38. The van der Waals surface area contributed by atoms with E-state index in [0.29, 0.717) is 32.4 Å². The van der Waals surface area contributed by atoms with Crippen LogP contribution < -0.4 is 10.9 Å². The Bertz CT molecular complexity index is 909. The van der Waals surface area contributed by atoms with E-state index in [-0.39, 0.29) is 5.56 Å². The number of hydrogen-bond acceptors (Lipinski definition) is 3. The molecule has 2 aromatic carbocycles. The predicted molar refractivity (Wildman–Crippen MR) is 101 cm³/mol. The third-order valence-electron chi connectivity index (χ3n) is 3.39. The number of anilines is 1. The molecule has 4 nitrogen and oxygen atoms in total. The van der Waals surface area contributed by atoms with Gasteiger partial charge in [0.15, 0.2) is 0 Å². The third kappa shape index (κ3) is 3.48. The van der Waals surface area contributed by atoms with Crippen molar-refractivity contribution in [1.82, 2.24) is 9.78 Å². The van der Waals surface area contributed by atoms with Gasteiger partial charge in [-0.1, -0.05) is 59.6 Å². The maximum atomic E-state index is 12.6. The molecule has 0 bridgehead atoms. The summed E-state index contributed by atoms with van der Waals surface area (Å²) in [5.74, 6) is 0. The molecule has 0 amide bonds. The van der Waals surface area contributed by atoms with Crippen molar-refractivity contribution in [3.05, 3.63) is 85.2 Å². The van der Waals surface area contributed by atoms with E-state index in [2.05, 4.69) is 26.3 Å². The molecule has 0 fully saturated rings. The summed E-state index contributed by atoms with van der Waals surface area (Å²) < 4.78 is 1.55. The van der Waals surface area contributed by atoms with Crippen LogP contribution in [0.15, 0.2) is 64.0 Å². The van der Waals surface area contributed by atoms with E-state index in [1.165, 1.54) is 4.68 Å². The van der Waals surface area contributed by atoms with Gasteiger partial charge in [0.05, 0.1) is 21.9 Å². The lowest BCUT2D eigenvalue weighted by molar-refractivity contribution is 0.801. The second-order valence-corrected chi connectivity index (χ2v) is 6.61. The average Bonchev–Trinajstić information content (AvgIpc) is 2.58. The number of para-hydroxylation sites is 1. The largest absolute Gasteiger partial charge is 0.379 e. The van der Waals surface area contributed by atoms with Gasteiger partial charge in [-0.3, -0.25) is 4.79 Å². The summed E-state index contributed by atoms with van der Waals surface area (Å²) >= 11 is 15.6. The minimum absolute atomic E-state index is 0.344. The van der Waals surface area contributed by atoms with Crippen LogP contribution in [0.4, 0.5) is 5.69 Å². The molecule has 0 atom stereocenters. The lowest BCUT2D eigenvalue weighted by Crippen LogP contribution is -2.23. The van der Waals surface area contributed by atoms with Crippen molar-refractivity contribution in [3.63, 3.8) is 0 Å². The molecule has 1 heterocycles. The smallest absolute Gasteiger partial charge is 0.288 e. The Labute approximate surface area is 157 Å². The minimum Gasteiger partial charge on any atom is -0.379 e. The summed E-state index contributed by atoms with van der Waals surface area (Å²) in [4.78, 5) is 12.6. The van der Waals surface area contributed by atoms with Crippen LogP contribution in [-0.4, -0.2) is 9.78 Å². The molecular formula is C17H12BrCl2N3O. The van der Waals surface area contributed by atoms with Crippen LogP contribution in [-0.2, 0) is 6.54 Å². The van der Waals surface area contributed by atoms with Crippen LogP contribution in [0, 0.1) is 0 Å². The first-order valence-electron chi connectivity index (χ1n) is 7.08. The van der Waals surface area contributed by atoms with Crippen molar-refractivity contribution in [2.75, 3.05) is 5.32 Å². The van der Waals surface area contributed by atoms with E-state index in [0.717, 1.165) is 5.56 Å². The Balaban J connectivity index is 1.94. The fourth-order valence-corrected chi connectivity index (χ4v) is 3.17. The number of nitrogens with zero attached hydrogens (tertiary/aromatic N) is 2. The van der Waals surface area contributed by atoms with Crippen molar-refractivity contribution >= 4 is 44.8 Å². The molecule has 0 saturated heterocycles. The van der Waals surface area contributed by atoms with Gasteiger partial charge in [-0.05, 0) is 33.6 Å². The highest BCUT2D eigenvalue weighted by molar-refractivity contribution is 9.10. The Hall–Kier alpha value is -1.82. The van der Waals surface area contributed by atoms with Gasteiger partial charge in [0.2, 0.25) is 0 Å². The molecule has 24 heavy (non-hydrogen) atoms. The number of benzene rings is 2. The van der Waals surface area contributed by atoms with Crippen LogP contribution in [0.1, 0.15) is 5.56 Å². The molecule has 3 rings (SSSR count). The number of nitrogens with one attached hydrogen (secondary N) is 1. The number of halogens is 3. The van der Waals surface area contributed by atoms with Gasteiger partial charge >= 0.3 is 0 Å². The van der Waals surface area contributed by atoms with Gasteiger partial charge in [-0.25, -0.2) is 0 Å². The average molecular weight is 425 g/mol. The van der Waals surface area contributed by atoms with Crippen LogP contribution in [0.2, 0.25) is 10.0 Å². The van der Waals surface area contributed by atoms with E-state index in [1.54, 1.807) is 24.4 Å². The van der Waals surface area contributed by atoms with Crippen molar-refractivity contribution in [3.8, 4) is 5.69 Å². The summed E-state index contributed by atoms with van der Waals surface area (Å²) in [5, 5.41) is 8.09. The number of hydrogen-bond donors (Lipinski definition) is 1. The topological polar surface area (TPSA) is 46.9 Å². The van der Waals surface area contributed by atoms with E-state index >= 15 is 0 Å². The molecule has 0 saturated carbocycles. The van der Waals surface area contributed by atoms with Gasteiger partial charge in [-0.2, -0.15) is 9.78 Å². The highest BCUT2D eigenvalue weighted by atomic mass is 79.9. The molecule has 0 spiro atoms. The monoisotopic (exact) mass is 423 g/mol. The molecule has 7 heteroatoms. The fraction of sp³-hybridized carbons (Fsp3) is 0.0588. The molecule has 0 unspecified atom stereocenters. The zero-order chi connectivity index (χ0) is 17.1. The van der Waals surface area contributed by atoms with E-state index in [4.69, 9.17) is 23.2 Å². The van der Waals surface area contributed by atoms with Gasteiger partial charge in [0.1, 0.15) is 10.2 Å². The van der Waals surface area contributed by atoms with Crippen molar-refractivity contribution < 1.29 is 0 Å². The van der Waals surface area contributed by atoms with Gasteiger partial charge in [0, 0.05) is 6.54 Å². The van der Waals surface area contributed by atoms with Gasteiger partial charge in [0.25, 0.3) is 5.56 Å². The van der Waals surface area contributed by atoms with E-state index in [9.17, 15) is 4.79 Å². The zero-order valence-corrected chi connectivity index (χ0v) is 15.4. The molecule has 0 radical (unpaired) electrons. The molecule has 1 aromatic heterocycles. The Morgan fingerprint density at radius 3 is 2.38 bits per heavy atom. The van der Waals surface area contributed by atoms with Crippen LogP contribution in [0.5, 0.6) is 0 Å². The van der Waals surface area contributed by atoms with Crippen molar-refractivity contribution in [2.24, 2.45) is 0 Å². The third-order valence-corrected chi connectivity index (χ3v) is 4.77. The number of aromatic nitrogens is 2. The summed E-state index contributed by atoms with van der Waals surface area (Å²) in [7, 11) is 0. The van der Waals surface area contributed by atoms with E-state index in [1.807, 2.05) is 30.3 Å². The van der Waals surface area contributed by atoms with Crippen molar-refractivity contribution in [1.29, 1.82) is 0 Å². The maximum absolute atomic E-state index is 12.6. The predicted octanol–water partition coefficient (Wildman–Crippen LogP) is 4.91. The summed E-state index contributed by atoms with van der Waals surface area (Å²) in [6, 6.07) is 14.9. The SMILES string of the molecule is O=c1c(Br)c(NCc2ccccc2)cnn1-c1c(Cl)cccc1Cl. The lowest BCUT2D eigenvalue weighted by atomic mass is 10.2. The van der Waals surface area contributed by atoms with Crippen LogP contribution in [0.25, 0.3) is 5.69 Å². The number of rotatable bonds is 4. The lowest BCUT2D eigenvalue weighted by Gasteiger charge is -2.12. The maximum Gasteiger partial charge on any atom is 0.288 e. The van der Waals surface area contributed by atoms with Crippen molar-refractivity contribution in [2.45, 2.75) is 6.54 Å². The Kier molecular flexibility index (Phi) is 5.23. The quantitative estimate of drug-likeness (QED) is 0.646. The molecule has 0 aliphatic heterocycles. The first-order valence-corrected chi connectivity index (χ1v) is 8.63. The molecule has 1 N–H and O–H groups in total. The first kappa shape index (κ1) is 17.0. The summed E-state index contributed by atoms with van der Waals surface area (Å²) in [6.07, 6.45) is 1.56. The Morgan fingerprint density at radius 2 is 1.71 bits per heavy atom. The minimum atomic E-state index is -0.344. The normalized spacial score (nSPS) is 10.6. The molecule has 122 valence electrons. The van der Waals surface area contributed by atoms with Crippen LogP contribution in [0.3, 0.4) is 0 Å². The highest BCUT2D eigenvalue weighted by Gasteiger charge is 2.15. The molecule has 0 aliphatic rings. The Morgan fingerprint density at radius 1 is 1.04 bits per heavy atom. The molecule has 3 aromatic rings. The second-order valence-electron chi connectivity index (χ2n) is 5.00. The summed E-state index contributed by atoms with van der Waals surface area (Å²) in [6.45, 7) is 0.581.